The number of nitrogens with zero attached hydrogens (tertiary/aromatic N) is 2. The lowest BCUT2D eigenvalue weighted by Crippen LogP contribution is -2.47. The number of hydrogen-bond donors (Lipinski definition) is 2. The van der Waals surface area contributed by atoms with Gasteiger partial charge >= 0.3 is 0 Å². The lowest BCUT2D eigenvalue weighted by molar-refractivity contribution is -0.127. The standard InChI is InChI=1S/C24H28FN3O3/c1-2-26-23(30)21-17(13-29)20-12-28-19(22(21)27(20)11-14-7-8-14)10-9-16(24(28)31)15-5-3-4-6-18(15)25/h3-6,9-10,14,17,20-22,29H,2,7-8,11-13H2,1H3,(H,26,30)/t17-,20-,21+,22+/m1/s1. The molecule has 2 fully saturated rings. The maximum absolute atomic E-state index is 14.4. The Hall–Kier alpha value is -2.51. The van der Waals surface area contributed by atoms with Gasteiger partial charge in [-0.15, -0.1) is 0 Å². The van der Waals surface area contributed by atoms with Crippen molar-refractivity contribution in [2.45, 2.75) is 38.4 Å². The summed E-state index contributed by atoms with van der Waals surface area (Å²) in [5, 5.41) is 13.2. The number of pyridine rings is 1. The Bertz CT molecular complexity index is 1060. The minimum Gasteiger partial charge on any atom is -0.396 e. The molecule has 1 saturated carbocycles. The van der Waals surface area contributed by atoms with Crippen LogP contribution < -0.4 is 10.9 Å². The van der Waals surface area contributed by atoms with E-state index in [-0.39, 0.29) is 41.6 Å². The van der Waals surface area contributed by atoms with Gasteiger partial charge in [-0.2, -0.15) is 0 Å². The molecule has 1 amide bonds. The number of aromatic nitrogens is 1. The number of aliphatic hydroxyl groups is 1. The number of halogens is 1. The lowest BCUT2D eigenvalue weighted by Gasteiger charge is -2.38. The summed E-state index contributed by atoms with van der Waals surface area (Å²) in [6, 6.07) is 9.49. The van der Waals surface area contributed by atoms with E-state index in [9.17, 15) is 19.1 Å². The molecule has 3 heterocycles. The van der Waals surface area contributed by atoms with Crippen LogP contribution in [0.15, 0.2) is 41.2 Å². The minimum atomic E-state index is -0.428. The average molecular weight is 426 g/mol. The van der Waals surface area contributed by atoms with Gasteiger partial charge in [0.2, 0.25) is 5.91 Å². The molecule has 31 heavy (non-hydrogen) atoms. The summed E-state index contributed by atoms with van der Waals surface area (Å²) in [5.41, 5.74) is 1.16. The van der Waals surface area contributed by atoms with Crippen molar-refractivity contribution in [3.63, 3.8) is 0 Å². The topological polar surface area (TPSA) is 74.6 Å². The molecule has 2 aliphatic heterocycles. The molecule has 1 aromatic carbocycles. The van der Waals surface area contributed by atoms with Crippen molar-refractivity contribution in [2.75, 3.05) is 19.7 Å². The molecule has 5 rings (SSSR count). The van der Waals surface area contributed by atoms with E-state index < -0.39 is 11.7 Å². The maximum atomic E-state index is 14.4. The van der Waals surface area contributed by atoms with Gasteiger partial charge in [-0.25, -0.2) is 4.39 Å². The second-order valence-electron chi connectivity index (χ2n) is 8.99. The highest BCUT2D eigenvalue weighted by molar-refractivity contribution is 5.80. The van der Waals surface area contributed by atoms with Gasteiger partial charge in [0.25, 0.3) is 5.56 Å². The SMILES string of the molecule is CCNC(=O)[C@H]1[C@H](CO)[C@H]2Cn3c(ccc(-c4ccccc4F)c3=O)[C@@H]1N2CC1CC1. The van der Waals surface area contributed by atoms with Crippen molar-refractivity contribution in [1.29, 1.82) is 0 Å². The van der Waals surface area contributed by atoms with E-state index >= 15 is 0 Å². The fourth-order valence-electron chi connectivity index (χ4n) is 5.55. The Morgan fingerprint density at radius 3 is 2.65 bits per heavy atom. The molecule has 1 aliphatic carbocycles. The second kappa shape index (κ2) is 7.88. The Kier molecular flexibility index (Phi) is 5.18. The summed E-state index contributed by atoms with van der Waals surface area (Å²) in [4.78, 5) is 28.8. The van der Waals surface area contributed by atoms with Gasteiger partial charge < -0.3 is 15.0 Å². The van der Waals surface area contributed by atoms with Gasteiger partial charge in [-0.05, 0) is 43.9 Å². The molecule has 3 aliphatic rings. The molecular formula is C24H28FN3O3. The number of benzene rings is 1. The maximum Gasteiger partial charge on any atom is 0.258 e. The Labute approximate surface area is 180 Å². The number of amides is 1. The summed E-state index contributed by atoms with van der Waals surface area (Å²) < 4.78 is 16.1. The molecule has 1 saturated heterocycles. The quantitative estimate of drug-likeness (QED) is 0.744. The van der Waals surface area contributed by atoms with Crippen LogP contribution in [0.2, 0.25) is 0 Å². The molecule has 6 nitrogen and oxygen atoms in total. The molecule has 7 heteroatoms. The highest BCUT2D eigenvalue weighted by Crippen LogP contribution is 2.50. The molecule has 0 unspecified atom stereocenters. The largest absolute Gasteiger partial charge is 0.396 e. The van der Waals surface area contributed by atoms with Crippen LogP contribution in [0, 0.1) is 23.6 Å². The van der Waals surface area contributed by atoms with Gasteiger partial charge in [0, 0.05) is 49.5 Å². The van der Waals surface area contributed by atoms with E-state index in [1.807, 2.05) is 13.0 Å². The number of carbonyl (C=O) groups excluding carboxylic acids is 1. The molecule has 1 aromatic heterocycles. The molecule has 0 spiro atoms. The van der Waals surface area contributed by atoms with Crippen molar-refractivity contribution in [2.24, 2.45) is 17.8 Å². The third-order valence-electron chi connectivity index (χ3n) is 7.15. The number of carbonyl (C=O) groups is 1. The Morgan fingerprint density at radius 1 is 1.19 bits per heavy atom. The summed E-state index contributed by atoms with van der Waals surface area (Å²) in [7, 11) is 0. The fraction of sp³-hybridized carbons (Fsp3) is 0.500. The molecule has 2 aromatic rings. The summed E-state index contributed by atoms with van der Waals surface area (Å²) >= 11 is 0. The van der Waals surface area contributed by atoms with E-state index in [1.54, 1.807) is 28.8 Å². The average Bonchev–Trinajstić information content (AvgIpc) is 3.54. The third-order valence-corrected chi connectivity index (χ3v) is 7.15. The van der Waals surface area contributed by atoms with Crippen molar-refractivity contribution >= 4 is 5.91 Å². The molecule has 2 N–H and O–H groups in total. The first kappa shape index (κ1) is 20.4. The highest BCUT2D eigenvalue weighted by atomic mass is 19.1. The van der Waals surface area contributed by atoms with Crippen molar-refractivity contribution < 1.29 is 14.3 Å². The van der Waals surface area contributed by atoms with Crippen molar-refractivity contribution in [3.8, 4) is 11.1 Å². The molecular weight excluding hydrogens is 397 g/mol. The van der Waals surface area contributed by atoms with Crippen LogP contribution in [-0.2, 0) is 11.3 Å². The van der Waals surface area contributed by atoms with Gasteiger partial charge in [0.15, 0.2) is 0 Å². The van der Waals surface area contributed by atoms with Gasteiger partial charge in [0.1, 0.15) is 5.82 Å². The van der Waals surface area contributed by atoms with E-state index in [0.717, 1.165) is 12.2 Å². The van der Waals surface area contributed by atoms with Gasteiger partial charge in [-0.3, -0.25) is 14.5 Å². The van der Waals surface area contributed by atoms with E-state index in [0.29, 0.717) is 24.6 Å². The molecule has 164 valence electrons. The van der Waals surface area contributed by atoms with Crippen LogP contribution in [0.25, 0.3) is 11.1 Å². The number of nitrogens with one attached hydrogen (secondary N) is 1. The summed E-state index contributed by atoms with van der Waals surface area (Å²) in [5.74, 6) is -0.544. The smallest absolute Gasteiger partial charge is 0.258 e. The third kappa shape index (κ3) is 3.31. The number of rotatable bonds is 6. The molecule has 0 radical (unpaired) electrons. The summed E-state index contributed by atoms with van der Waals surface area (Å²) in [6.07, 6.45) is 2.37. The zero-order valence-electron chi connectivity index (χ0n) is 17.6. The number of aliphatic hydroxyl groups excluding tert-OH is 1. The van der Waals surface area contributed by atoms with E-state index in [2.05, 4.69) is 10.2 Å². The van der Waals surface area contributed by atoms with Crippen molar-refractivity contribution in [1.82, 2.24) is 14.8 Å². The zero-order valence-corrected chi connectivity index (χ0v) is 17.6. The minimum absolute atomic E-state index is 0.0751. The van der Waals surface area contributed by atoms with Gasteiger partial charge in [0.05, 0.1) is 17.5 Å². The highest BCUT2D eigenvalue weighted by Gasteiger charge is 2.56. The number of hydrogen-bond acceptors (Lipinski definition) is 4. The van der Waals surface area contributed by atoms with Crippen LogP contribution in [0.1, 0.15) is 31.5 Å². The van der Waals surface area contributed by atoms with Crippen molar-refractivity contribution in [3.05, 3.63) is 58.3 Å². The second-order valence-corrected chi connectivity index (χ2v) is 8.99. The first-order valence-corrected chi connectivity index (χ1v) is 11.2. The van der Waals surface area contributed by atoms with Crippen LogP contribution >= 0.6 is 0 Å². The van der Waals surface area contributed by atoms with Crippen LogP contribution in [-0.4, -0.2) is 46.2 Å². The lowest BCUT2D eigenvalue weighted by atomic mass is 9.86. The Balaban J connectivity index is 1.63. The van der Waals surface area contributed by atoms with Gasteiger partial charge in [-0.1, -0.05) is 18.2 Å². The van der Waals surface area contributed by atoms with Crippen LogP contribution in [0.5, 0.6) is 0 Å². The zero-order chi connectivity index (χ0) is 21.7. The number of fused-ring (bicyclic) bond motifs is 4. The summed E-state index contributed by atoms with van der Waals surface area (Å²) in [6.45, 7) is 3.58. The fourth-order valence-corrected chi connectivity index (χ4v) is 5.55. The monoisotopic (exact) mass is 425 g/mol. The van der Waals surface area contributed by atoms with Crippen LogP contribution in [0.3, 0.4) is 0 Å². The predicted molar refractivity (Wildman–Crippen MR) is 115 cm³/mol. The predicted octanol–water partition coefficient (Wildman–Crippen LogP) is 2.16. The molecule has 4 atom stereocenters. The Morgan fingerprint density at radius 2 is 1.97 bits per heavy atom. The first-order valence-electron chi connectivity index (χ1n) is 11.2. The molecule has 2 bridgehead atoms. The first-order chi connectivity index (χ1) is 15.0. The normalized spacial score (nSPS) is 27.2. The van der Waals surface area contributed by atoms with E-state index in [1.165, 1.54) is 18.9 Å². The van der Waals surface area contributed by atoms with Crippen LogP contribution in [0.4, 0.5) is 4.39 Å². The van der Waals surface area contributed by atoms with E-state index in [4.69, 9.17) is 0 Å².